The molecule has 0 amide bonds. The van der Waals surface area contributed by atoms with Crippen LogP contribution in [0.3, 0.4) is 0 Å². The van der Waals surface area contributed by atoms with Gasteiger partial charge in [-0.15, -0.1) is 0 Å². The minimum atomic E-state index is -1.11. The molecule has 5 nitrogen and oxygen atoms in total. The molecule has 5 heteroatoms. The Balaban J connectivity index is 2.97. The van der Waals surface area contributed by atoms with E-state index in [1.807, 2.05) is 6.07 Å². The van der Waals surface area contributed by atoms with E-state index < -0.39 is 11.3 Å². The Labute approximate surface area is 128 Å². The van der Waals surface area contributed by atoms with E-state index in [4.69, 9.17) is 10.5 Å². The molecule has 0 aromatic carbocycles. The first-order valence-corrected chi connectivity index (χ1v) is 6.49. The third-order valence-electron chi connectivity index (χ3n) is 3.96. The van der Waals surface area contributed by atoms with E-state index in [1.165, 1.54) is 18.2 Å². The number of Topliss-reactive ketones (excluding diaryl/α,β-unsaturated/α-hetero) is 1. The van der Waals surface area contributed by atoms with Crippen molar-refractivity contribution in [3.8, 4) is 24.3 Å². The van der Waals surface area contributed by atoms with E-state index in [2.05, 4.69) is 6.07 Å². The van der Waals surface area contributed by atoms with Crippen LogP contribution in [0.5, 0.6) is 0 Å². The molecule has 0 radical (unpaired) electrons. The van der Waals surface area contributed by atoms with Gasteiger partial charge in [0.15, 0.2) is 5.78 Å². The normalized spacial score (nSPS) is 27.7. The molecule has 0 bridgehead atoms. The van der Waals surface area contributed by atoms with Gasteiger partial charge < -0.3 is 0 Å². The van der Waals surface area contributed by atoms with E-state index in [0.29, 0.717) is 5.57 Å². The van der Waals surface area contributed by atoms with Crippen LogP contribution in [0, 0.1) is 56.7 Å². The number of fused-ring (bicyclic) bond motifs is 1. The quantitative estimate of drug-likeness (QED) is 0.501. The zero-order valence-corrected chi connectivity index (χ0v) is 12.0. The van der Waals surface area contributed by atoms with E-state index in [1.54, 1.807) is 26.0 Å². The van der Waals surface area contributed by atoms with Crippen LogP contribution >= 0.6 is 0 Å². The summed E-state index contributed by atoms with van der Waals surface area (Å²) in [4.78, 5) is 12.7. The summed E-state index contributed by atoms with van der Waals surface area (Å²) in [6.07, 6.45) is 4.53. The molecular weight excluding hydrogens is 276 g/mol. The highest BCUT2D eigenvalue weighted by atomic mass is 16.1. The molecule has 0 saturated heterocycles. The molecule has 0 spiro atoms. The number of nitriles is 4. The van der Waals surface area contributed by atoms with Crippen LogP contribution < -0.4 is 0 Å². The summed E-state index contributed by atoms with van der Waals surface area (Å²) >= 11 is 0. The smallest absolute Gasteiger partial charge is 0.172 e. The molecular formula is C17H10N4O. The molecule has 0 aliphatic heterocycles. The first-order valence-electron chi connectivity index (χ1n) is 6.49. The minimum absolute atomic E-state index is 0.185. The van der Waals surface area contributed by atoms with Crippen LogP contribution in [0.15, 0.2) is 46.1 Å². The van der Waals surface area contributed by atoms with Gasteiger partial charge in [0.2, 0.25) is 0 Å². The SMILES string of the molecule is C/C=C1/C(=O)C2C(=C(C#N)C=CC2(C)C#N)C1=C(C#N)C#N. The maximum Gasteiger partial charge on any atom is 0.172 e. The number of hydrogen-bond acceptors (Lipinski definition) is 5. The van der Waals surface area contributed by atoms with Gasteiger partial charge in [0.25, 0.3) is 0 Å². The predicted molar refractivity (Wildman–Crippen MR) is 76.0 cm³/mol. The maximum atomic E-state index is 12.7. The van der Waals surface area contributed by atoms with Gasteiger partial charge in [-0.3, -0.25) is 4.79 Å². The van der Waals surface area contributed by atoms with Crippen molar-refractivity contribution in [2.75, 3.05) is 0 Å². The summed E-state index contributed by atoms with van der Waals surface area (Å²) in [7, 11) is 0. The zero-order valence-electron chi connectivity index (χ0n) is 12.0. The van der Waals surface area contributed by atoms with Gasteiger partial charge in [0, 0.05) is 11.1 Å². The number of hydrogen-bond donors (Lipinski definition) is 0. The van der Waals surface area contributed by atoms with Crippen molar-refractivity contribution in [3.63, 3.8) is 0 Å². The molecule has 0 heterocycles. The highest BCUT2D eigenvalue weighted by molar-refractivity contribution is 6.11. The van der Waals surface area contributed by atoms with Gasteiger partial charge in [-0.2, -0.15) is 21.0 Å². The third kappa shape index (κ3) is 1.78. The van der Waals surface area contributed by atoms with Crippen molar-refractivity contribution in [1.82, 2.24) is 0 Å². The zero-order chi connectivity index (χ0) is 16.5. The van der Waals surface area contributed by atoms with E-state index in [9.17, 15) is 15.3 Å². The molecule has 0 N–H and O–H groups in total. The van der Waals surface area contributed by atoms with Crippen molar-refractivity contribution >= 4 is 5.78 Å². The van der Waals surface area contributed by atoms with Crippen molar-refractivity contribution in [2.24, 2.45) is 11.3 Å². The number of rotatable bonds is 0. The predicted octanol–water partition coefficient (Wildman–Crippen LogP) is 2.40. The Morgan fingerprint density at radius 1 is 1.27 bits per heavy atom. The molecule has 2 atom stereocenters. The molecule has 1 fully saturated rings. The van der Waals surface area contributed by atoms with E-state index in [-0.39, 0.29) is 28.1 Å². The van der Waals surface area contributed by atoms with Crippen LogP contribution in [0.2, 0.25) is 0 Å². The summed E-state index contributed by atoms with van der Waals surface area (Å²) in [5.74, 6) is -1.20. The molecule has 0 aromatic rings. The number of carbonyl (C=O) groups is 1. The molecule has 22 heavy (non-hydrogen) atoms. The molecule has 1 saturated carbocycles. The first-order chi connectivity index (χ1) is 10.5. The molecule has 104 valence electrons. The lowest BCUT2D eigenvalue weighted by atomic mass is 9.70. The number of carbonyl (C=O) groups excluding carboxylic acids is 1. The van der Waals surface area contributed by atoms with Crippen LogP contribution in [0.1, 0.15) is 13.8 Å². The highest BCUT2D eigenvalue weighted by Crippen LogP contribution is 2.51. The average molecular weight is 286 g/mol. The first kappa shape index (κ1) is 15.0. The van der Waals surface area contributed by atoms with Gasteiger partial charge in [-0.25, -0.2) is 0 Å². The fourth-order valence-electron chi connectivity index (χ4n) is 2.90. The Morgan fingerprint density at radius 3 is 2.36 bits per heavy atom. The van der Waals surface area contributed by atoms with Gasteiger partial charge in [-0.1, -0.05) is 12.2 Å². The lowest BCUT2D eigenvalue weighted by Gasteiger charge is -2.28. The molecule has 2 aliphatic rings. The highest BCUT2D eigenvalue weighted by Gasteiger charge is 2.51. The molecule has 2 rings (SSSR count). The van der Waals surface area contributed by atoms with Gasteiger partial charge >= 0.3 is 0 Å². The van der Waals surface area contributed by atoms with E-state index in [0.717, 1.165) is 0 Å². The standard InChI is InChI=1S/C17H10N4O/c1-3-12-13(11(7-19)8-20)14-10(6-18)4-5-17(2,9-21)15(14)16(12)22/h3-5,15H,1-2H3/b12-3+. The monoisotopic (exact) mass is 286 g/mol. The Hall–Kier alpha value is -3.41. The second kappa shape index (κ2) is 5.17. The summed E-state index contributed by atoms with van der Waals surface area (Å²) in [6, 6.07) is 7.64. The second-order valence-electron chi connectivity index (χ2n) is 5.14. The molecule has 2 aliphatic carbocycles. The second-order valence-corrected chi connectivity index (χ2v) is 5.14. The summed E-state index contributed by atoms with van der Waals surface area (Å²) in [5.41, 5.74) is -0.409. The topological polar surface area (TPSA) is 112 Å². The van der Waals surface area contributed by atoms with Gasteiger partial charge in [0.1, 0.15) is 17.7 Å². The van der Waals surface area contributed by atoms with Gasteiger partial charge in [0.05, 0.1) is 29.0 Å². The van der Waals surface area contributed by atoms with Crippen molar-refractivity contribution < 1.29 is 4.79 Å². The van der Waals surface area contributed by atoms with Crippen LogP contribution in [0.25, 0.3) is 0 Å². The van der Waals surface area contributed by atoms with E-state index >= 15 is 0 Å². The lowest BCUT2D eigenvalue weighted by Crippen LogP contribution is -2.31. The third-order valence-corrected chi connectivity index (χ3v) is 3.96. The van der Waals surface area contributed by atoms with Crippen LogP contribution in [-0.4, -0.2) is 5.78 Å². The summed E-state index contributed by atoms with van der Waals surface area (Å²) in [6.45, 7) is 3.23. The molecule has 0 aromatic heterocycles. The van der Waals surface area contributed by atoms with Crippen molar-refractivity contribution in [1.29, 1.82) is 21.0 Å². The average Bonchev–Trinajstić information content (AvgIpc) is 2.83. The van der Waals surface area contributed by atoms with Crippen molar-refractivity contribution in [3.05, 3.63) is 46.1 Å². The number of ketones is 1. The fraction of sp³-hybridized carbons (Fsp3) is 0.235. The number of allylic oxidation sites excluding steroid dienone is 8. The Kier molecular flexibility index (Phi) is 3.52. The Bertz CT molecular complexity index is 856. The summed E-state index contributed by atoms with van der Waals surface area (Å²) in [5, 5.41) is 37.1. The molecule has 2 unspecified atom stereocenters. The Morgan fingerprint density at radius 2 is 1.91 bits per heavy atom. The summed E-state index contributed by atoms with van der Waals surface area (Å²) < 4.78 is 0. The van der Waals surface area contributed by atoms with Crippen LogP contribution in [-0.2, 0) is 4.79 Å². The van der Waals surface area contributed by atoms with Gasteiger partial charge in [-0.05, 0) is 25.5 Å². The number of nitrogens with zero attached hydrogens (tertiary/aromatic N) is 4. The fourth-order valence-corrected chi connectivity index (χ4v) is 2.90. The van der Waals surface area contributed by atoms with Crippen molar-refractivity contribution in [2.45, 2.75) is 13.8 Å². The largest absolute Gasteiger partial charge is 0.293 e. The van der Waals surface area contributed by atoms with Crippen LogP contribution in [0.4, 0.5) is 0 Å². The maximum absolute atomic E-state index is 12.7. The minimum Gasteiger partial charge on any atom is -0.293 e. The lowest BCUT2D eigenvalue weighted by molar-refractivity contribution is -0.118.